The van der Waals surface area contributed by atoms with Crippen molar-refractivity contribution in [3.8, 4) is 6.07 Å². The van der Waals surface area contributed by atoms with Crippen molar-refractivity contribution in [1.82, 2.24) is 14.5 Å². The maximum atomic E-state index is 10.5. The van der Waals surface area contributed by atoms with Crippen molar-refractivity contribution in [3.63, 3.8) is 0 Å². The number of aryl methyl sites for hydroxylation is 1. The van der Waals surface area contributed by atoms with E-state index in [1.54, 1.807) is 0 Å². The highest BCUT2D eigenvalue weighted by molar-refractivity contribution is 5.83. The fourth-order valence-electron chi connectivity index (χ4n) is 3.20. The Hall–Kier alpha value is -2.32. The minimum absolute atomic E-state index is 0.118. The van der Waals surface area contributed by atoms with E-state index in [2.05, 4.69) is 16.0 Å². The molecule has 2 aromatic rings. The second-order valence-corrected chi connectivity index (χ2v) is 6.11. The number of nitrogens with zero attached hydrogens (tertiary/aromatic N) is 4. The monoisotopic (exact) mass is 310 g/mol. The summed E-state index contributed by atoms with van der Waals surface area (Å²) in [6, 6.07) is 9.89. The van der Waals surface area contributed by atoms with Crippen LogP contribution in [0.25, 0.3) is 16.6 Å². The molecule has 5 heteroatoms. The smallest absolute Gasteiger partial charge is 0.155 e. The number of aliphatic hydroxyl groups excluding tert-OH is 1. The van der Waals surface area contributed by atoms with Gasteiger partial charge in [0.1, 0.15) is 17.4 Å². The zero-order valence-electron chi connectivity index (χ0n) is 13.5. The first-order valence-electron chi connectivity index (χ1n) is 8.17. The summed E-state index contributed by atoms with van der Waals surface area (Å²) in [5.74, 6) is 0.647. The number of imidazole rings is 1. The molecule has 0 atom stereocenters. The molecule has 1 N–H and O–H groups in total. The van der Waals surface area contributed by atoms with E-state index < -0.39 is 0 Å². The van der Waals surface area contributed by atoms with Gasteiger partial charge in [0.15, 0.2) is 5.82 Å². The quantitative estimate of drug-likeness (QED) is 0.698. The molecule has 0 bridgehead atoms. The average molecular weight is 310 g/mol. The molecule has 0 spiro atoms. The predicted molar refractivity (Wildman–Crippen MR) is 90.8 cm³/mol. The van der Waals surface area contributed by atoms with Crippen LogP contribution < -0.4 is 0 Å². The van der Waals surface area contributed by atoms with Crippen LogP contribution in [0.1, 0.15) is 31.5 Å². The van der Waals surface area contributed by atoms with Crippen molar-refractivity contribution in [2.45, 2.75) is 25.7 Å². The van der Waals surface area contributed by atoms with Gasteiger partial charge in [0.2, 0.25) is 0 Å². The maximum absolute atomic E-state index is 10.5. The van der Waals surface area contributed by atoms with E-state index in [1.807, 2.05) is 35.9 Å². The largest absolute Gasteiger partial charge is 0.509 e. The highest BCUT2D eigenvalue weighted by Gasteiger charge is 2.18. The summed E-state index contributed by atoms with van der Waals surface area (Å²) >= 11 is 0. The van der Waals surface area contributed by atoms with Gasteiger partial charge in [-0.05, 0) is 38.1 Å². The van der Waals surface area contributed by atoms with Gasteiger partial charge >= 0.3 is 0 Å². The number of likely N-dealkylation sites (tertiary alicyclic amines) is 1. The Kier molecular flexibility index (Phi) is 4.63. The normalized spacial score (nSPS) is 17.6. The molecule has 3 rings (SSSR count). The van der Waals surface area contributed by atoms with E-state index in [4.69, 9.17) is 0 Å². The van der Waals surface area contributed by atoms with E-state index in [0.717, 1.165) is 37.0 Å². The van der Waals surface area contributed by atoms with Crippen molar-refractivity contribution in [2.75, 3.05) is 19.6 Å². The molecule has 0 unspecified atom stereocenters. The average Bonchev–Trinajstić information content (AvgIpc) is 2.74. The molecule has 1 aromatic carbocycles. The van der Waals surface area contributed by atoms with Gasteiger partial charge in [-0.2, -0.15) is 5.26 Å². The summed E-state index contributed by atoms with van der Waals surface area (Å²) in [5, 5.41) is 20.1. The number of benzene rings is 1. The van der Waals surface area contributed by atoms with Gasteiger partial charge in [-0.25, -0.2) is 4.98 Å². The maximum Gasteiger partial charge on any atom is 0.155 e. The Balaban J connectivity index is 1.93. The molecule has 1 aliphatic heterocycles. The third-order valence-electron chi connectivity index (χ3n) is 4.48. The lowest BCUT2D eigenvalue weighted by Crippen LogP contribution is -2.27. The highest BCUT2D eigenvalue weighted by atomic mass is 16.3. The van der Waals surface area contributed by atoms with Crippen LogP contribution in [0.2, 0.25) is 0 Å². The van der Waals surface area contributed by atoms with Crippen LogP contribution in [-0.2, 0) is 7.05 Å². The molecule has 23 heavy (non-hydrogen) atoms. The standard InChI is InChI=1S/C18H22N4O/c1-21-16-9-5-4-8-15(16)20-18(21)14(12-19)17(23)13-22-10-6-2-3-7-11-22/h4-5,8-9,23H,2-3,6-7,10-11,13H2,1H3/b17-14+. The Bertz CT molecular complexity index is 761. The zero-order valence-corrected chi connectivity index (χ0v) is 13.5. The Labute approximate surface area is 136 Å². The highest BCUT2D eigenvalue weighted by Crippen LogP contribution is 2.22. The van der Waals surface area contributed by atoms with Crippen molar-refractivity contribution in [3.05, 3.63) is 35.8 Å². The minimum atomic E-state index is 0.118. The van der Waals surface area contributed by atoms with E-state index >= 15 is 0 Å². The molecule has 1 saturated heterocycles. The molecule has 2 heterocycles. The van der Waals surface area contributed by atoms with Gasteiger partial charge in [0, 0.05) is 7.05 Å². The van der Waals surface area contributed by atoms with Gasteiger partial charge in [-0.15, -0.1) is 0 Å². The molecule has 120 valence electrons. The topological polar surface area (TPSA) is 65.1 Å². The first kappa shape index (κ1) is 15.6. The molecule has 1 aromatic heterocycles. The van der Waals surface area contributed by atoms with Crippen LogP contribution in [0.5, 0.6) is 0 Å². The van der Waals surface area contributed by atoms with E-state index in [0.29, 0.717) is 12.4 Å². The molecule has 0 aliphatic carbocycles. The van der Waals surface area contributed by atoms with Crippen molar-refractivity contribution in [2.24, 2.45) is 7.05 Å². The lowest BCUT2D eigenvalue weighted by atomic mass is 10.2. The summed E-state index contributed by atoms with van der Waals surface area (Å²) in [6.45, 7) is 2.38. The fourth-order valence-corrected chi connectivity index (χ4v) is 3.20. The number of aromatic nitrogens is 2. The lowest BCUT2D eigenvalue weighted by Gasteiger charge is -2.19. The van der Waals surface area contributed by atoms with Gasteiger partial charge < -0.3 is 9.67 Å². The lowest BCUT2D eigenvalue weighted by molar-refractivity contribution is 0.258. The van der Waals surface area contributed by atoms with Crippen LogP contribution in [0.15, 0.2) is 30.0 Å². The Morgan fingerprint density at radius 2 is 1.91 bits per heavy atom. The van der Waals surface area contributed by atoms with Crippen molar-refractivity contribution < 1.29 is 5.11 Å². The molecule has 1 fully saturated rings. The number of hydrogen-bond donors (Lipinski definition) is 1. The first-order chi connectivity index (χ1) is 11.2. The van der Waals surface area contributed by atoms with Gasteiger partial charge in [-0.1, -0.05) is 25.0 Å². The summed E-state index contributed by atoms with van der Waals surface area (Å²) in [6.07, 6.45) is 4.80. The van der Waals surface area contributed by atoms with Crippen LogP contribution in [0.3, 0.4) is 0 Å². The molecular weight excluding hydrogens is 288 g/mol. The molecular formula is C18H22N4O. The third-order valence-corrected chi connectivity index (χ3v) is 4.48. The van der Waals surface area contributed by atoms with Crippen molar-refractivity contribution in [1.29, 1.82) is 5.26 Å². The first-order valence-corrected chi connectivity index (χ1v) is 8.17. The molecule has 0 saturated carbocycles. The van der Waals surface area contributed by atoms with E-state index in [-0.39, 0.29) is 11.3 Å². The Morgan fingerprint density at radius 3 is 2.57 bits per heavy atom. The number of nitriles is 1. The molecule has 5 nitrogen and oxygen atoms in total. The second kappa shape index (κ2) is 6.84. The third kappa shape index (κ3) is 3.22. The number of fused-ring (bicyclic) bond motifs is 1. The van der Waals surface area contributed by atoms with Gasteiger partial charge in [0.05, 0.1) is 17.6 Å². The summed E-state index contributed by atoms with van der Waals surface area (Å²) < 4.78 is 1.87. The number of aliphatic hydroxyl groups is 1. The van der Waals surface area contributed by atoms with Crippen LogP contribution in [-0.4, -0.2) is 39.2 Å². The van der Waals surface area contributed by atoms with Crippen LogP contribution in [0.4, 0.5) is 0 Å². The predicted octanol–water partition coefficient (Wildman–Crippen LogP) is 3.24. The van der Waals surface area contributed by atoms with E-state index in [9.17, 15) is 10.4 Å². The van der Waals surface area contributed by atoms with Crippen LogP contribution in [0, 0.1) is 11.3 Å². The number of hydrogen-bond acceptors (Lipinski definition) is 4. The molecule has 1 aliphatic rings. The van der Waals surface area contributed by atoms with Crippen LogP contribution >= 0.6 is 0 Å². The van der Waals surface area contributed by atoms with Crippen molar-refractivity contribution >= 4 is 16.6 Å². The van der Waals surface area contributed by atoms with E-state index in [1.165, 1.54) is 12.8 Å². The molecule has 0 radical (unpaired) electrons. The number of para-hydroxylation sites is 2. The summed E-state index contributed by atoms with van der Waals surface area (Å²) in [7, 11) is 1.88. The fraction of sp³-hybridized carbons (Fsp3) is 0.444. The van der Waals surface area contributed by atoms with Gasteiger partial charge in [0.25, 0.3) is 0 Å². The molecule has 0 amide bonds. The Morgan fingerprint density at radius 1 is 1.22 bits per heavy atom. The number of allylic oxidation sites excluding steroid dienone is 1. The zero-order chi connectivity index (χ0) is 16.2. The minimum Gasteiger partial charge on any atom is -0.509 e. The number of rotatable bonds is 3. The van der Waals surface area contributed by atoms with Gasteiger partial charge in [-0.3, -0.25) is 4.90 Å². The SMILES string of the molecule is Cn1c(/C(C#N)=C(/O)CN2CCCCCC2)nc2ccccc21. The summed E-state index contributed by atoms with van der Waals surface area (Å²) in [5.41, 5.74) is 2.06. The summed E-state index contributed by atoms with van der Waals surface area (Å²) in [4.78, 5) is 6.74. The second-order valence-electron chi connectivity index (χ2n) is 6.11.